The molecule has 3 aromatic carbocycles. The third-order valence-electron chi connectivity index (χ3n) is 7.50. The van der Waals surface area contributed by atoms with Crippen LogP contribution in [-0.4, -0.2) is 44.5 Å². The van der Waals surface area contributed by atoms with Crippen LogP contribution in [0.4, 0.5) is 22.0 Å². The van der Waals surface area contributed by atoms with E-state index in [-0.39, 0.29) is 17.9 Å². The van der Waals surface area contributed by atoms with Crippen LogP contribution in [0, 0.1) is 0 Å². The van der Waals surface area contributed by atoms with Crippen molar-refractivity contribution < 1.29 is 14.3 Å². The van der Waals surface area contributed by atoms with E-state index in [4.69, 9.17) is 9.72 Å². The van der Waals surface area contributed by atoms with Crippen molar-refractivity contribution in [3.63, 3.8) is 0 Å². The first kappa shape index (κ1) is 33.4. The molecule has 9 nitrogen and oxygen atoms in total. The summed E-state index contributed by atoms with van der Waals surface area (Å²) < 4.78 is 5.37. The Morgan fingerprint density at radius 1 is 0.894 bits per heavy atom. The molecule has 2 amide bonds. The normalized spacial score (nSPS) is 12.1. The molecule has 10 heteroatoms. The molecule has 47 heavy (non-hydrogen) atoms. The van der Waals surface area contributed by atoms with Gasteiger partial charge in [0.2, 0.25) is 0 Å². The number of fused-ring (bicyclic) bond motifs is 1. The van der Waals surface area contributed by atoms with Gasteiger partial charge in [-0.2, -0.15) is 0 Å². The van der Waals surface area contributed by atoms with Crippen LogP contribution >= 0.6 is 11.8 Å². The van der Waals surface area contributed by atoms with Gasteiger partial charge in [-0.15, -0.1) is 0 Å². The Kier molecular flexibility index (Phi) is 10.1. The molecule has 0 aliphatic carbocycles. The summed E-state index contributed by atoms with van der Waals surface area (Å²) in [7, 11) is 1.82. The predicted molar refractivity (Wildman–Crippen MR) is 189 cm³/mol. The number of nitrogens with zero attached hydrogens (tertiary/aromatic N) is 4. The lowest BCUT2D eigenvalue weighted by Crippen LogP contribution is -2.29. The summed E-state index contributed by atoms with van der Waals surface area (Å²) >= 11 is 1.52. The maximum absolute atomic E-state index is 13.8. The van der Waals surface area contributed by atoms with Crippen molar-refractivity contribution in [2.75, 3.05) is 17.7 Å². The van der Waals surface area contributed by atoms with Crippen molar-refractivity contribution in [3.05, 3.63) is 108 Å². The van der Waals surface area contributed by atoms with Crippen LogP contribution in [0.3, 0.4) is 0 Å². The number of carbonyl (C=O) groups is 2. The van der Waals surface area contributed by atoms with E-state index in [0.717, 1.165) is 26.4 Å². The predicted octanol–water partition coefficient (Wildman–Crippen LogP) is 9.22. The fraction of sp³-hybridized carbons (Fsp3) is 0.270. The van der Waals surface area contributed by atoms with Crippen LogP contribution in [-0.2, 0) is 4.74 Å². The Balaban J connectivity index is 1.46. The number of hydrogen-bond donors (Lipinski definition) is 2. The third-order valence-corrected chi connectivity index (χ3v) is 8.58. The highest BCUT2D eigenvalue weighted by Crippen LogP contribution is 2.37. The summed E-state index contributed by atoms with van der Waals surface area (Å²) in [4.78, 5) is 43.3. The second kappa shape index (κ2) is 14.2. The minimum absolute atomic E-state index is 0.102. The maximum atomic E-state index is 13.8. The van der Waals surface area contributed by atoms with Crippen LogP contribution in [0.2, 0.25) is 0 Å². The molecule has 2 heterocycles. The third kappa shape index (κ3) is 8.45. The van der Waals surface area contributed by atoms with Gasteiger partial charge in [-0.3, -0.25) is 10.1 Å². The van der Waals surface area contributed by atoms with Crippen molar-refractivity contribution >= 4 is 52.0 Å². The van der Waals surface area contributed by atoms with Gasteiger partial charge in [-0.1, -0.05) is 55.9 Å². The number of carbonyl (C=O) groups excluding carboxylic acids is 2. The van der Waals surface area contributed by atoms with E-state index in [1.54, 1.807) is 4.90 Å². The first-order valence-corrected chi connectivity index (χ1v) is 16.3. The molecule has 0 radical (unpaired) electrons. The van der Waals surface area contributed by atoms with Crippen molar-refractivity contribution in [3.8, 4) is 0 Å². The number of benzene rings is 3. The Morgan fingerprint density at radius 2 is 1.62 bits per heavy atom. The number of hydrogen-bond acceptors (Lipinski definition) is 8. The molecule has 2 N–H and O–H groups in total. The van der Waals surface area contributed by atoms with Gasteiger partial charge in [-0.05, 0) is 93.8 Å². The van der Waals surface area contributed by atoms with E-state index in [0.29, 0.717) is 28.4 Å². The van der Waals surface area contributed by atoms with Crippen LogP contribution in [0.1, 0.15) is 75.1 Å². The molecule has 0 aliphatic heterocycles. The molecule has 242 valence electrons. The number of anilines is 3. The van der Waals surface area contributed by atoms with Crippen molar-refractivity contribution in [2.45, 2.75) is 68.9 Å². The standard InChI is InChI=1S/C37H40N6O3S/c1-23(2)30-19-18-29-33(41-30)38-22-39-34(29)42-31-21-26(35(44)43(7)24(3)25-11-9-8-10-12-25)13-20-32(31)47-28-16-14-27(15-17-28)40-36(45)46-37(4,5)6/h8-24H,1-7H3,(H,40,45)(H,38,39,41,42). The molecule has 0 bridgehead atoms. The highest BCUT2D eigenvalue weighted by Gasteiger charge is 2.21. The van der Waals surface area contributed by atoms with E-state index in [9.17, 15) is 9.59 Å². The maximum Gasteiger partial charge on any atom is 0.412 e. The molecule has 2 aromatic heterocycles. The minimum atomic E-state index is -0.590. The lowest BCUT2D eigenvalue weighted by molar-refractivity contribution is 0.0635. The lowest BCUT2D eigenvalue weighted by atomic mass is 10.1. The molecule has 5 aromatic rings. The number of ether oxygens (including phenoxy) is 1. The molecular weight excluding hydrogens is 609 g/mol. The van der Waals surface area contributed by atoms with Gasteiger partial charge in [0.25, 0.3) is 5.91 Å². The van der Waals surface area contributed by atoms with Gasteiger partial charge < -0.3 is 15.0 Å². The molecule has 0 aliphatic rings. The van der Waals surface area contributed by atoms with Crippen LogP contribution in [0.5, 0.6) is 0 Å². The lowest BCUT2D eigenvalue weighted by Gasteiger charge is -2.26. The highest BCUT2D eigenvalue weighted by molar-refractivity contribution is 7.99. The largest absolute Gasteiger partial charge is 0.444 e. The van der Waals surface area contributed by atoms with Crippen molar-refractivity contribution in [2.24, 2.45) is 0 Å². The summed E-state index contributed by atoms with van der Waals surface area (Å²) in [6.45, 7) is 11.7. The zero-order chi connectivity index (χ0) is 33.7. The van der Waals surface area contributed by atoms with Crippen LogP contribution < -0.4 is 10.6 Å². The monoisotopic (exact) mass is 648 g/mol. The average Bonchev–Trinajstić information content (AvgIpc) is 3.04. The van der Waals surface area contributed by atoms with E-state index >= 15 is 0 Å². The van der Waals surface area contributed by atoms with E-state index in [2.05, 4.69) is 34.4 Å². The summed E-state index contributed by atoms with van der Waals surface area (Å²) in [5.74, 6) is 0.749. The summed E-state index contributed by atoms with van der Waals surface area (Å²) in [6.07, 6.45) is 0.984. The summed E-state index contributed by atoms with van der Waals surface area (Å²) in [5, 5.41) is 7.03. The second-order valence-electron chi connectivity index (χ2n) is 12.6. The SMILES string of the molecule is CC(C)c1ccc2c(Nc3cc(C(=O)N(C)C(C)c4ccccc4)ccc3Sc3ccc(NC(=O)OC(C)(C)C)cc3)ncnc2n1. The zero-order valence-corrected chi connectivity index (χ0v) is 28.6. The van der Waals surface area contributed by atoms with Gasteiger partial charge in [-0.25, -0.2) is 19.7 Å². The first-order chi connectivity index (χ1) is 22.4. The van der Waals surface area contributed by atoms with Crippen molar-refractivity contribution in [1.82, 2.24) is 19.9 Å². The molecule has 0 spiro atoms. The molecule has 0 fully saturated rings. The van der Waals surface area contributed by atoms with E-state index in [1.165, 1.54) is 18.1 Å². The summed E-state index contributed by atoms with van der Waals surface area (Å²) in [6, 6.07) is 27.0. The van der Waals surface area contributed by atoms with Gasteiger partial charge in [0.15, 0.2) is 5.65 Å². The number of pyridine rings is 1. The van der Waals surface area contributed by atoms with Crippen molar-refractivity contribution in [1.29, 1.82) is 0 Å². The van der Waals surface area contributed by atoms with E-state index < -0.39 is 11.7 Å². The van der Waals surface area contributed by atoms with Crippen LogP contribution in [0.15, 0.2) is 101 Å². The average molecular weight is 649 g/mol. The first-order valence-electron chi connectivity index (χ1n) is 15.5. The molecule has 1 unspecified atom stereocenters. The molecule has 5 rings (SSSR count). The smallest absolute Gasteiger partial charge is 0.412 e. The number of aromatic nitrogens is 3. The molecular formula is C37H40N6O3S. The fourth-order valence-electron chi connectivity index (χ4n) is 4.84. The number of amides is 2. The Bertz CT molecular complexity index is 1870. The fourth-order valence-corrected chi connectivity index (χ4v) is 5.73. The summed E-state index contributed by atoms with van der Waals surface area (Å²) in [5.41, 5.74) is 3.89. The Hall–Kier alpha value is -4.96. The molecule has 1 atom stereocenters. The quantitative estimate of drug-likeness (QED) is 0.163. The van der Waals surface area contributed by atoms with Gasteiger partial charge in [0.05, 0.1) is 17.1 Å². The topological polar surface area (TPSA) is 109 Å². The van der Waals surface area contributed by atoms with Gasteiger partial charge in [0, 0.05) is 33.8 Å². The van der Waals surface area contributed by atoms with Gasteiger partial charge in [0.1, 0.15) is 17.7 Å². The highest BCUT2D eigenvalue weighted by atomic mass is 32.2. The Morgan fingerprint density at radius 3 is 2.30 bits per heavy atom. The minimum Gasteiger partial charge on any atom is -0.444 e. The molecule has 0 saturated heterocycles. The molecule has 0 saturated carbocycles. The van der Waals surface area contributed by atoms with E-state index in [1.807, 2.05) is 120 Å². The van der Waals surface area contributed by atoms with Crippen LogP contribution in [0.25, 0.3) is 11.0 Å². The number of rotatable bonds is 9. The van der Waals surface area contributed by atoms with Gasteiger partial charge >= 0.3 is 6.09 Å². The second-order valence-corrected chi connectivity index (χ2v) is 13.7. The Labute approximate surface area is 280 Å². The zero-order valence-electron chi connectivity index (χ0n) is 27.7. The number of nitrogens with one attached hydrogen (secondary N) is 2.